The number of piperidine rings is 1. The fourth-order valence-electron chi connectivity index (χ4n) is 3.69. The second-order valence-electron chi connectivity index (χ2n) is 5.89. The van der Waals surface area contributed by atoms with E-state index in [0.29, 0.717) is 30.6 Å². The van der Waals surface area contributed by atoms with Crippen LogP contribution < -0.4 is 0 Å². The molecule has 1 aromatic rings. The highest BCUT2D eigenvalue weighted by atomic mass is 16.5. The average molecular weight is 287 g/mol. The van der Waals surface area contributed by atoms with Crippen molar-refractivity contribution < 1.29 is 14.3 Å². The number of amides is 1. The van der Waals surface area contributed by atoms with E-state index in [1.54, 1.807) is 0 Å². The van der Waals surface area contributed by atoms with E-state index < -0.39 is 0 Å². The second kappa shape index (κ2) is 5.51. The molecule has 112 valence electrons. The lowest BCUT2D eigenvalue weighted by molar-refractivity contribution is -0.135. The Bertz CT molecular complexity index is 581. The zero-order valence-corrected chi connectivity index (χ0v) is 12.6. The van der Waals surface area contributed by atoms with Crippen LogP contribution in [0.3, 0.4) is 0 Å². The summed E-state index contributed by atoms with van der Waals surface area (Å²) in [5.74, 6) is 0.411. The summed E-state index contributed by atoms with van der Waals surface area (Å²) >= 11 is 0. The number of hydrogen-bond acceptors (Lipinski definition) is 3. The van der Waals surface area contributed by atoms with Gasteiger partial charge in [-0.3, -0.25) is 4.79 Å². The number of likely N-dealkylation sites (tertiary alicyclic amines) is 1. The standard InChI is InChI=1S/C17H21NO3/c1-3-21-17(20)12-4-6-13-11(10-12)5-8-15-14(13)7-9-16(19)18(15)2/h4,6,10,14-15H,3,5,7-9H2,1-2H3/t14-,15-/m0/s1. The number of carbonyl (C=O) groups is 2. The van der Waals surface area contributed by atoms with Gasteiger partial charge in [0.15, 0.2) is 0 Å². The first-order valence-corrected chi connectivity index (χ1v) is 7.67. The second-order valence-corrected chi connectivity index (χ2v) is 5.89. The molecule has 1 heterocycles. The van der Waals surface area contributed by atoms with Crippen LogP contribution in [0, 0.1) is 0 Å². The summed E-state index contributed by atoms with van der Waals surface area (Å²) in [5, 5.41) is 0. The van der Waals surface area contributed by atoms with Crippen LogP contribution >= 0.6 is 0 Å². The fourth-order valence-corrected chi connectivity index (χ4v) is 3.69. The molecule has 1 amide bonds. The van der Waals surface area contributed by atoms with Crippen molar-refractivity contribution in [2.24, 2.45) is 0 Å². The van der Waals surface area contributed by atoms with Crippen LogP contribution in [0.15, 0.2) is 18.2 Å². The van der Waals surface area contributed by atoms with Crippen LogP contribution in [-0.2, 0) is 16.0 Å². The zero-order valence-electron chi connectivity index (χ0n) is 12.6. The van der Waals surface area contributed by atoms with Crippen LogP contribution in [0.5, 0.6) is 0 Å². The predicted octanol–water partition coefficient (Wildman–Crippen LogP) is 2.51. The van der Waals surface area contributed by atoms with E-state index in [1.165, 1.54) is 11.1 Å². The number of fused-ring (bicyclic) bond motifs is 3. The number of likely N-dealkylation sites (N-methyl/N-ethyl adjacent to an activating group) is 1. The van der Waals surface area contributed by atoms with Crippen molar-refractivity contribution in [1.29, 1.82) is 0 Å². The Labute approximate surface area is 125 Å². The molecule has 21 heavy (non-hydrogen) atoms. The van der Waals surface area contributed by atoms with Gasteiger partial charge in [0.2, 0.25) is 5.91 Å². The lowest BCUT2D eigenvalue weighted by atomic mass is 9.74. The first-order valence-electron chi connectivity index (χ1n) is 7.67. The molecule has 0 aromatic heterocycles. The van der Waals surface area contributed by atoms with Gasteiger partial charge in [-0.1, -0.05) is 6.07 Å². The summed E-state index contributed by atoms with van der Waals surface area (Å²) in [5.41, 5.74) is 3.18. The van der Waals surface area contributed by atoms with E-state index >= 15 is 0 Å². The van der Waals surface area contributed by atoms with Crippen LogP contribution in [0.2, 0.25) is 0 Å². The van der Waals surface area contributed by atoms with Crippen LogP contribution in [0.25, 0.3) is 0 Å². The third-order valence-corrected chi connectivity index (χ3v) is 4.79. The Hall–Kier alpha value is -1.84. The van der Waals surface area contributed by atoms with E-state index in [-0.39, 0.29) is 11.9 Å². The number of nitrogens with zero attached hydrogens (tertiary/aromatic N) is 1. The van der Waals surface area contributed by atoms with Gasteiger partial charge in [0, 0.05) is 25.4 Å². The van der Waals surface area contributed by atoms with E-state index in [1.807, 2.05) is 31.0 Å². The van der Waals surface area contributed by atoms with Gasteiger partial charge in [-0.15, -0.1) is 0 Å². The van der Waals surface area contributed by atoms with Gasteiger partial charge >= 0.3 is 5.97 Å². The maximum absolute atomic E-state index is 11.8. The van der Waals surface area contributed by atoms with Crippen LogP contribution in [-0.4, -0.2) is 36.5 Å². The monoisotopic (exact) mass is 287 g/mol. The molecule has 2 atom stereocenters. The number of carbonyl (C=O) groups excluding carboxylic acids is 2. The third-order valence-electron chi connectivity index (χ3n) is 4.79. The number of aryl methyl sites for hydroxylation is 1. The largest absolute Gasteiger partial charge is 0.462 e. The van der Waals surface area contributed by atoms with Gasteiger partial charge in [-0.2, -0.15) is 0 Å². The van der Waals surface area contributed by atoms with Gasteiger partial charge in [-0.25, -0.2) is 4.79 Å². The summed E-state index contributed by atoms with van der Waals surface area (Å²) in [6.45, 7) is 2.21. The molecule has 0 N–H and O–H groups in total. The maximum atomic E-state index is 11.8. The van der Waals surface area contributed by atoms with E-state index in [9.17, 15) is 9.59 Å². The lowest BCUT2D eigenvalue weighted by Gasteiger charge is -2.43. The summed E-state index contributed by atoms with van der Waals surface area (Å²) in [4.78, 5) is 25.6. The Kier molecular flexibility index (Phi) is 3.70. The SMILES string of the molecule is CCOC(=O)c1ccc2c(c1)CC[C@H]1[C@H]2CCC(=O)N1C. The summed E-state index contributed by atoms with van der Waals surface area (Å²) in [6.07, 6.45) is 3.43. The van der Waals surface area contributed by atoms with Gasteiger partial charge in [0.25, 0.3) is 0 Å². The number of rotatable bonds is 2. The van der Waals surface area contributed by atoms with Crippen molar-refractivity contribution in [2.75, 3.05) is 13.7 Å². The summed E-state index contributed by atoms with van der Waals surface area (Å²) in [6, 6.07) is 6.20. The molecule has 1 fully saturated rings. The van der Waals surface area contributed by atoms with Crippen molar-refractivity contribution in [1.82, 2.24) is 4.90 Å². The zero-order chi connectivity index (χ0) is 15.0. The fraction of sp³-hybridized carbons (Fsp3) is 0.529. The molecule has 0 radical (unpaired) electrons. The molecule has 1 aromatic carbocycles. The molecule has 1 saturated heterocycles. The topological polar surface area (TPSA) is 46.6 Å². The molecular formula is C17H21NO3. The minimum absolute atomic E-state index is 0.252. The molecule has 1 aliphatic heterocycles. The Morgan fingerprint density at radius 2 is 2.14 bits per heavy atom. The highest BCUT2D eigenvalue weighted by molar-refractivity contribution is 5.89. The Balaban J connectivity index is 1.89. The van der Waals surface area contributed by atoms with Crippen LogP contribution in [0.4, 0.5) is 0 Å². The van der Waals surface area contributed by atoms with Crippen LogP contribution in [0.1, 0.15) is 53.6 Å². The minimum Gasteiger partial charge on any atom is -0.462 e. The van der Waals surface area contributed by atoms with Gasteiger partial charge in [0.1, 0.15) is 0 Å². The number of ether oxygens (including phenoxy) is 1. The summed E-state index contributed by atoms with van der Waals surface area (Å²) in [7, 11) is 1.91. The van der Waals surface area contributed by atoms with Crippen molar-refractivity contribution in [3.05, 3.63) is 34.9 Å². The third kappa shape index (κ3) is 2.43. The summed E-state index contributed by atoms with van der Waals surface area (Å²) < 4.78 is 5.06. The molecule has 2 aliphatic rings. The first-order chi connectivity index (χ1) is 10.1. The van der Waals surface area contributed by atoms with Gasteiger partial charge in [0.05, 0.1) is 12.2 Å². The number of benzene rings is 1. The molecule has 1 aliphatic carbocycles. The van der Waals surface area contributed by atoms with Crippen molar-refractivity contribution in [3.63, 3.8) is 0 Å². The number of hydrogen-bond donors (Lipinski definition) is 0. The highest BCUT2D eigenvalue weighted by Gasteiger charge is 2.37. The van der Waals surface area contributed by atoms with Crippen molar-refractivity contribution in [2.45, 2.75) is 44.6 Å². The molecular weight excluding hydrogens is 266 g/mol. The molecule has 4 heteroatoms. The molecule has 0 unspecified atom stereocenters. The van der Waals surface area contributed by atoms with E-state index in [4.69, 9.17) is 4.74 Å². The minimum atomic E-state index is -0.252. The van der Waals surface area contributed by atoms with E-state index in [0.717, 1.165) is 19.3 Å². The smallest absolute Gasteiger partial charge is 0.338 e. The Morgan fingerprint density at radius 3 is 2.90 bits per heavy atom. The highest BCUT2D eigenvalue weighted by Crippen LogP contribution is 2.40. The molecule has 3 rings (SSSR count). The molecule has 0 saturated carbocycles. The number of esters is 1. The normalized spacial score (nSPS) is 24.3. The van der Waals surface area contributed by atoms with Gasteiger partial charge in [-0.05, 0) is 49.4 Å². The molecule has 0 spiro atoms. The molecule has 0 bridgehead atoms. The maximum Gasteiger partial charge on any atom is 0.338 e. The lowest BCUT2D eigenvalue weighted by Crippen LogP contribution is -2.47. The predicted molar refractivity (Wildman–Crippen MR) is 79.3 cm³/mol. The Morgan fingerprint density at radius 1 is 1.33 bits per heavy atom. The van der Waals surface area contributed by atoms with Crippen molar-refractivity contribution >= 4 is 11.9 Å². The average Bonchev–Trinajstić information content (AvgIpc) is 2.50. The quantitative estimate of drug-likeness (QED) is 0.785. The van der Waals surface area contributed by atoms with E-state index in [2.05, 4.69) is 6.07 Å². The van der Waals surface area contributed by atoms with Gasteiger partial charge < -0.3 is 9.64 Å². The molecule has 4 nitrogen and oxygen atoms in total. The van der Waals surface area contributed by atoms with Crippen molar-refractivity contribution in [3.8, 4) is 0 Å². The first kappa shape index (κ1) is 14.1.